The molecule has 0 amide bonds. The first-order valence-corrected chi connectivity index (χ1v) is 11.4. The Hall–Kier alpha value is -2.14. The zero-order chi connectivity index (χ0) is 22.4. The number of ether oxygens (including phenoxy) is 2. The van der Waals surface area contributed by atoms with Gasteiger partial charge in [0.05, 0.1) is 6.10 Å². The largest absolute Gasteiger partial charge is 0.486 e. The highest BCUT2D eigenvalue weighted by Crippen LogP contribution is 2.39. The van der Waals surface area contributed by atoms with E-state index < -0.39 is 0 Å². The Bertz CT molecular complexity index is 646. The highest BCUT2D eigenvalue weighted by Gasteiger charge is 2.21. The maximum atomic E-state index is 10.2. The zero-order valence-electron chi connectivity index (χ0n) is 19.4. The summed E-state index contributed by atoms with van der Waals surface area (Å²) in [6.07, 6.45) is 8.24. The Morgan fingerprint density at radius 1 is 1.20 bits per heavy atom. The lowest BCUT2D eigenvalue weighted by atomic mass is 9.95. The van der Waals surface area contributed by atoms with Crippen LogP contribution < -0.4 is 20.1 Å². The van der Waals surface area contributed by atoms with Crippen LogP contribution in [0.1, 0.15) is 64.9 Å². The van der Waals surface area contributed by atoms with E-state index in [2.05, 4.69) is 37.6 Å². The number of fused-ring (bicyclic) bond motifs is 1. The van der Waals surface area contributed by atoms with E-state index in [1.165, 1.54) is 19.3 Å². The quantitative estimate of drug-likeness (QED) is 0.304. The third kappa shape index (κ3) is 8.31. The van der Waals surface area contributed by atoms with Crippen molar-refractivity contribution in [1.29, 1.82) is 0 Å². The molecule has 1 aromatic carbocycles. The van der Waals surface area contributed by atoms with Gasteiger partial charge in [-0.05, 0) is 25.3 Å². The lowest BCUT2D eigenvalue weighted by Crippen LogP contribution is -2.30. The van der Waals surface area contributed by atoms with Crippen molar-refractivity contribution in [3.05, 3.63) is 36.9 Å². The molecule has 2 rings (SSSR count). The molecule has 0 aromatic heterocycles. The van der Waals surface area contributed by atoms with E-state index in [1.807, 2.05) is 32.2 Å². The van der Waals surface area contributed by atoms with E-state index >= 15 is 0 Å². The highest BCUT2D eigenvalue weighted by atomic mass is 16.6. The van der Waals surface area contributed by atoms with Gasteiger partial charge in [0.2, 0.25) is 0 Å². The lowest BCUT2D eigenvalue weighted by molar-refractivity contribution is 0.0995. The number of rotatable bonds is 12. The van der Waals surface area contributed by atoms with Gasteiger partial charge in [-0.25, -0.2) is 0 Å². The maximum absolute atomic E-state index is 10.2. The number of anilines is 1. The molecular formula is C25H42N2O3. The molecule has 0 saturated heterocycles. The SMILES string of the molecule is C=C(NC[C@H](CCC)[C@H](O)CC)c1cc(NC)cc2c1OCCO2.C=CCCCC. The summed E-state index contributed by atoms with van der Waals surface area (Å²) in [7, 11) is 1.88. The highest BCUT2D eigenvalue weighted by molar-refractivity contribution is 5.75. The van der Waals surface area contributed by atoms with Crippen molar-refractivity contribution in [3.63, 3.8) is 0 Å². The second kappa shape index (κ2) is 14.8. The molecule has 1 heterocycles. The van der Waals surface area contributed by atoms with Crippen LogP contribution in [0.2, 0.25) is 0 Å². The molecule has 0 spiro atoms. The minimum absolute atomic E-state index is 0.220. The second-order valence-electron chi connectivity index (χ2n) is 7.61. The van der Waals surface area contributed by atoms with Crippen molar-refractivity contribution < 1.29 is 14.6 Å². The van der Waals surface area contributed by atoms with Crippen LogP contribution in [0.4, 0.5) is 5.69 Å². The molecule has 3 N–H and O–H groups in total. The third-order valence-corrected chi connectivity index (χ3v) is 5.22. The van der Waals surface area contributed by atoms with Crippen molar-refractivity contribution >= 4 is 11.4 Å². The number of benzene rings is 1. The Labute approximate surface area is 183 Å². The molecule has 170 valence electrons. The standard InChI is InChI=1S/C19H30N2O3.C6H12/c1-5-7-14(17(22)6-2)12-21-13(3)16-10-15(20-4)11-18-19(16)24-9-8-23-18;1-3-5-6-4-2/h10-11,14,17,20-22H,3,5-9,12H2,1-2,4H3;3H,1,4-6H2,2H3/t14-,17+;/m0./s1. The van der Waals surface area contributed by atoms with Gasteiger partial charge in [0.15, 0.2) is 11.5 Å². The summed E-state index contributed by atoms with van der Waals surface area (Å²) in [6, 6.07) is 3.94. The molecular weight excluding hydrogens is 376 g/mol. The van der Waals surface area contributed by atoms with E-state index in [0.717, 1.165) is 47.7 Å². The number of hydrogen-bond donors (Lipinski definition) is 3. The van der Waals surface area contributed by atoms with Crippen LogP contribution in [0.3, 0.4) is 0 Å². The van der Waals surface area contributed by atoms with Crippen molar-refractivity contribution in [2.75, 3.05) is 32.1 Å². The normalized spacial score (nSPS) is 14.0. The minimum Gasteiger partial charge on any atom is -0.486 e. The van der Waals surface area contributed by atoms with E-state index in [1.54, 1.807) is 0 Å². The molecule has 5 heteroatoms. The van der Waals surface area contributed by atoms with Gasteiger partial charge in [-0.1, -0.05) is 52.7 Å². The molecule has 30 heavy (non-hydrogen) atoms. The average Bonchev–Trinajstić information content (AvgIpc) is 2.79. The number of aliphatic hydroxyl groups is 1. The van der Waals surface area contributed by atoms with Gasteiger partial charge < -0.3 is 25.2 Å². The molecule has 0 radical (unpaired) electrons. The molecule has 1 aromatic rings. The zero-order valence-corrected chi connectivity index (χ0v) is 19.4. The van der Waals surface area contributed by atoms with E-state index in [9.17, 15) is 5.11 Å². The van der Waals surface area contributed by atoms with E-state index in [4.69, 9.17) is 9.47 Å². The predicted octanol–water partition coefficient (Wildman–Crippen LogP) is 5.61. The summed E-state index contributed by atoms with van der Waals surface area (Å²) in [5, 5.41) is 16.7. The minimum atomic E-state index is -0.289. The number of unbranched alkanes of at least 4 members (excludes halogenated alkanes) is 2. The van der Waals surface area contributed by atoms with Gasteiger partial charge in [0, 0.05) is 42.5 Å². The van der Waals surface area contributed by atoms with Crippen LogP contribution in [0.5, 0.6) is 11.5 Å². The summed E-state index contributed by atoms with van der Waals surface area (Å²) in [6.45, 7) is 15.9. The summed E-state index contributed by atoms with van der Waals surface area (Å²) in [4.78, 5) is 0. The Morgan fingerprint density at radius 2 is 1.93 bits per heavy atom. The van der Waals surface area contributed by atoms with Gasteiger partial charge in [0.25, 0.3) is 0 Å². The summed E-state index contributed by atoms with van der Waals surface area (Å²) in [5.41, 5.74) is 2.65. The fourth-order valence-electron chi connectivity index (χ4n) is 3.35. The second-order valence-corrected chi connectivity index (χ2v) is 7.61. The molecule has 5 nitrogen and oxygen atoms in total. The monoisotopic (exact) mass is 418 g/mol. The molecule has 1 aliphatic heterocycles. The molecule has 0 saturated carbocycles. The van der Waals surface area contributed by atoms with Crippen LogP contribution in [0.15, 0.2) is 31.4 Å². The van der Waals surface area contributed by atoms with Crippen LogP contribution in [-0.4, -0.2) is 38.0 Å². The summed E-state index contributed by atoms with van der Waals surface area (Å²) in [5.74, 6) is 1.70. The van der Waals surface area contributed by atoms with Crippen molar-refractivity contribution in [2.24, 2.45) is 5.92 Å². The summed E-state index contributed by atoms with van der Waals surface area (Å²) < 4.78 is 11.5. The Balaban J connectivity index is 0.000000656. The molecule has 0 unspecified atom stereocenters. The van der Waals surface area contributed by atoms with Crippen LogP contribution in [0, 0.1) is 5.92 Å². The number of aliphatic hydroxyl groups excluding tert-OH is 1. The predicted molar refractivity (Wildman–Crippen MR) is 128 cm³/mol. The number of hydrogen-bond acceptors (Lipinski definition) is 5. The third-order valence-electron chi connectivity index (χ3n) is 5.22. The van der Waals surface area contributed by atoms with Gasteiger partial charge >= 0.3 is 0 Å². The molecule has 0 fully saturated rings. The molecule has 0 bridgehead atoms. The smallest absolute Gasteiger partial charge is 0.170 e. The number of nitrogens with one attached hydrogen (secondary N) is 2. The van der Waals surface area contributed by atoms with Gasteiger partial charge in [-0.3, -0.25) is 0 Å². The van der Waals surface area contributed by atoms with Crippen molar-refractivity contribution in [3.8, 4) is 11.5 Å². The van der Waals surface area contributed by atoms with Gasteiger partial charge in [-0.2, -0.15) is 0 Å². The Morgan fingerprint density at radius 3 is 2.50 bits per heavy atom. The van der Waals surface area contributed by atoms with Crippen LogP contribution >= 0.6 is 0 Å². The lowest BCUT2D eigenvalue weighted by Gasteiger charge is -2.26. The number of allylic oxidation sites excluding steroid dienone is 1. The molecule has 1 aliphatic rings. The van der Waals surface area contributed by atoms with Crippen LogP contribution in [0.25, 0.3) is 5.70 Å². The fourth-order valence-corrected chi connectivity index (χ4v) is 3.35. The van der Waals surface area contributed by atoms with Crippen molar-refractivity contribution in [1.82, 2.24) is 5.32 Å². The maximum Gasteiger partial charge on any atom is 0.170 e. The van der Waals surface area contributed by atoms with Gasteiger partial charge in [-0.15, -0.1) is 6.58 Å². The van der Waals surface area contributed by atoms with E-state index in [0.29, 0.717) is 19.8 Å². The fraction of sp³-hybridized carbons (Fsp3) is 0.600. The first kappa shape index (κ1) is 25.9. The van der Waals surface area contributed by atoms with Crippen LogP contribution in [-0.2, 0) is 0 Å². The summed E-state index contributed by atoms with van der Waals surface area (Å²) >= 11 is 0. The van der Waals surface area contributed by atoms with Crippen molar-refractivity contribution in [2.45, 2.75) is 65.4 Å². The molecule has 0 aliphatic carbocycles. The van der Waals surface area contributed by atoms with Gasteiger partial charge in [0.1, 0.15) is 13.2 Å². The topological polar surface area (TPSA) is 62.8 Å². The van der Waals surface area contributed by atoms with E-state index in [-0.39, 0.29) is 12.0 Å². The first-order valence-electron chi connectivity index (χ1n) is 11.4. The first-order chi connectivity index (χ1) is 14.5. The average molecular weight is 419 g/mol. The molecule has 2 atom stereocenters. The Kier molecular flexibility index (Phi) is 12.8.